The van der Waals surface area contributed by atoms with Gasteiger partial charge >= 0.3 is 6.18 Å². The molecule has 1 saturated heterocycles. The van der Waals surface area contributed by atoms with E-state index in [1.165, 1.54) is 17.0 Å². The van der Waals surface area contributed by atoms with Crippen LogP contribution in [0.25, 0.3) is 0 Å². The molecular formula is C14H18F3N3O4S. The van der Waals surface area contributed by atoms with Crippen LogP contribution in [0.4, 0.5) is 24.5 Å². The zero-order chi connectivity index (χ0) is 19.0. The fourth-order valence-corrected chi connectivity index (χ4v) is 3.58. The van der Waals surface area contributed by atoms with Crippen LogP contribution in [0.2, 0.25) is 0 Å². The first-order valence-electron chi connectivity index (χ1n) is 7.45. The van der Waals surface area contributed by atoms with Gasteiger partial charge < -0.3 is 4.90 Å². The average molecular weight is 381 g/mol. The van der Waals surface area contributed by atoms with Crippen molar-refractivity contribution < 1.29 is 26.5 Å². The Bertz CT molecular complexity index is 759. The summed E-state index contributed by atoms with van der Waals surface area (Å²) >= 11 is 0. The van der Waals surface area contributed by atoms with Crippen LogP contribution in [0.15, 0.2) is 23.1 Å². The monoisotopic (exact) mass is 381 g/mol. The molecule has 0 saturated carbocycles. The summed E-state index contributed by atoms with van der Waals surface area (Å²) in [6.45, 7) is 1.95. The van der Waals surface area contributed by atoms with Gasteiger partial charge in [0.1, 0.15) is 10.9 Å². The smallest absolute Gasteiger partial charge is 0.369 e. The zero-order valence-electron chi connectivity index (χ0n) is 13.7. The van der Waals surface area contributed by atoms with Gasteiger partial charge in [-0.05, 0) is 19.1 Å². The lowest BCUT2D eigenvalue weighted by Crippen LogP contribution is -2.53. The minimum absolute atomic E-state index is 0.159. The number of halogens is 3. The number of nitro benzene ring substituents is 1. The van der Waals surface area contributed by atoms with Crippen molar-refractivity contribution in [2.24, 2.45) is 0 Å². The lowest BCUT2D eigenvalue weighted by molar-refractivity contribution is -0.387. The first-order valence-corrected chi connectivity index (χ1v) is 9.34. The molecule has 1 aromatic carbocycles. The summed E-state index contributed by atoms with van der Waals surface area (Å²) < 4.78 is 61.9. The number of alkyl halides is 3. The maximum atomic E-state index is 12.8. The van der Waals surface area contributed by atoms with Crippen LogP contribution in [0.5, 0.6) is 0 Å². The first kappa shape index (κ1) is 19.4. The Kier molecular flexibility index (Phi) is 5.28. The van der Waals surface area contributed by atoms with Gasteiger partial charge in [0.05, 0.1) is 4.92 Å². The predicted molar refractivity (Wildman–Crippen MR) is 85.5 cm³/mol. The largest absolute Gasteiger partial charge is 0.403 e. The zero-order valence-corrected chi connectivity index (χ0v) is 14.5. The Hall–Kier alpha value is -1.88. The van der Waals surface area contributed by atoms with Crippen LogP contribution < -0.4 is 4.90 Å². The van der Waals surface area contributed by atoms with E-state index in [-0.39, 0.29) is 26.2 Å². The summed E-state index contributed by atoms with van der Waals surface area (Å²) in [5, 5.41) is 11.0. The summed E-state index contributed by atoms with van der Waals surface area (Å²) in [6.07, 6.45) is -3.43. The standard InChI is InChI=1S/C14H18F3N3O4S/c1-10(14(15,16)17)18-5-7-19(8-6-18)11-3-4-12(20(21)22)13(9-11)25(2,23)24/h3-4,9-10H,5-8H2,1-2H3. The maximum absolute atomic E-state index is 12.8. The fraction of sp³-hybridized carbons (Fsp3) is 0.571. The van der Waals surface area contributed by atoms with Gasteiger partial charge in [-0.25, -0.2) is 8.42 Å². The maximum Gasteiger partial charge on any atom is 0.403 e. The third-order valence-electron chi connectivity index (χ3n) is 4.24. The van der Waals surface area contributed by atoms with E-state index in [9.17, 15) is 31.7 Å². The van der Waals surface area contributed by atoms with E-state index in [0.29, 0.717) is 5.69 Å². The Morgan fingerprint density at radius 3 is 2.20 bits per heavy atom. The topological polar surface area (TPSA) is 83.8 Å². The molecule has 0 radical (unpaired) electrons. The summed E-state index contributed by atoms with van der Waals surface area (Å²) in [7, 11) is -3.81. The van der Waals surface area contributed by atoms with Crippen molar-refractivity contribution in [3.8, 4) is 0 Å². The number of rotatable bonds is 4. The number of benzene rings is 1. The highest BCUT2D eigenvalue weighted by atomic mass is 32.2. The molecule has 0 amide bonds. The van der Waals surface area contributed by atoms with Gasteiger partial charge in [0.2, 0.25) is 0 Å². The molecule has 1 aliphatic rings. The second-order valence-corrected chi connectivity index (χ2v) is 7.91. The van der Waals surface area contributed by atoms with Gasteiger partial charge in [-0.15, -0.1) is 0 Å². The number of nitrogens with zero attached hydrogens (tertiary/aromatic N) is 3. The molecule has 1 aromatic rings. The number of piperazine rings is 1. The van der Waals surface area contributed by atoms with Gasteiger partial charge in [0, 0.05) is 44.2 Å². The SMILES string of the molecule is CC(N1CCN(c2ccc([N+](=O)[O-])c(S(C)(=O)=O)c2)CC1)C(F)(F)F. The van der Waals surface area contributed by atoms with Crippen molar-refractivity contribution in [1.29, 1.82) is 0 Å². The summed E-state index contributed by atoms with van der Waals surface area (Å²) in [6, 6.07) is 2.17. The summed E-state index contributed by atoms with van der Waals surface area (Å²) in [5.74, 6) is 0. The van der Waals surface area contributed by atoms with E-state index >= 15 is 0 Å². The van der Waals surface area contributed by atoms with Crippen molar-refractivity contribution in [3.63, 3.8) is 0 Å². The van der Waals surface area contributed by atoms with Gasteiger partial charge in [0.25, 0.3) is 5.69 Å². The molecule has 1 aliphatic heterocycles. The van der Waals surface area contributed by atoms with E-state index in [1.807, 2.05) is 0 Å². The van der Waals surface area contributed by atoms with Crippen molar-refractivity contribution in [2.45, 2.75) is 24.0 Å². The quantitative estimate of drug-likeness (QED) is 0.587. The molecule has 1 heterocycles. The van der Waals surface area contributed by atoms with Crippen molar-refractivity contribution in [1.82, 2.24) is 4.90 Å². The summed E-state index contributed by atoms with van der Waals surface area (Å²) in [4.78, 5) is 12.8. The fourth-order valence-electron chi connectivity index (χ4n) is 2.72. The highest BCUT2D eigenvalue weighted by Crippen LogP contribution is 2.30. The number of hydrogen-bond acceptors (Lipinski definition) is 6. The van der Waals surface area contributed by atoms with Crippen molar-refractivity contribution >= 4 is 21.2 Å². The minimum atomic E-state index is -4.31. The Morgan fingerprint density at radius 1 is 1.20 bits per heavy atom. The van der Waals surface area contributed by atoms with Crippen LogP contribution >= 0.6 is 0 Å². The molecule has 0 aliphatic carbocycles. The highest BCUT2D eigenvalue weighted by molar-refractivity contribution is 7.90. The minimum Gasteiger partial charge on any atom is -0.369 e. The third-order valence-corrected chi connectivity index (χ3v) is 5.37. The lowest BCUT2D eigenvalue weighted by atomic mass is 10.2. The molecule has 140 valence electrons. The number of nitro groups is 1. The third kappa shape index (κ3) is 4.40. The van der Waals surface area contributed by atoms with E-state index in [1.54, 1.807) is 4.90 Å². The molecule has 0 spiro atoms. The van der Waals surface area contributed by atoms with E-state index in [0.717, 1.165) is 19.2 Å². The molecule has 0 N–H and O–H groups in total. The van der Waals surface area contributed by atoms with Gasteiger partial charge in [-0.1, -0.05) is 0 Å². The van der Waals surface area contributed by atoms with Gasteiger partial charge in [-0.3, -0.25) is 15.0 Å². The van der Waals surface area contributed by atoms with Crippen LogP contribution in [-0.2, 0) is 9.84 Å². The molecule has 1 atom stereocenters. The molecule has 11 heteroatoms. The van der Waals surface area contributed by atoms with Gasteiger partial charge in [-0.2, -0.15) is 13.2 Å². The molecule has 2 rings (SSSR count). The van der Waals surface area contributed by atoms with E-state index < -0.39 is 37.6 Å². The lowest BCUT2D eigenvalue weighted by Gasteiger charge is -2.39. The normalized spacial score (nSPS) is 18.2. The predicted octanol–water partition coefficient (Wildman–Crippen LogP) is 2.07. The van der Waals surface area contributed by atoms with E-state index in [2.05, 4.69) is 0 Å². The van der Waals surface area contributed by atoms with E-state index in [4.69, 9.17) is 0 Å². The van der Waals surface area contributed by atoms with Crippen LogP contribution in [-0.4, -0.2) is 62.9 Å². The molecule has 25 heavy (non-hydrogen) atoms. The first-order chi connectivity index (χ1) is 11.4. The second-order valence-electron chi connectivity index (χ2n) is 5.92. The number of sulfone groups is 1. The number of hydrogen-bond donors (Lipinski definition) is 0. The molecule has 1 unspecified atom stereocenters. The molecule has 0 aromatic heterocycles. The van der Waals surface area contributed by atoms with Crippen molar-refractivity contribution in [3.05, 3.63) is 28.3 Å². The Balaban J connectivity index is 2.21. The second kappa shape index (κ2) is 6.79. The highest BCUT2D eigenvalue weighted by Gasteiger charge is 2.40. The molecule has 0 bridgehead atoms. The molecule has 7 nitrogen and oxygen atoms in total. The summed E-state index contributed by atoms with van der Waals surface area (Å²) in [5.41, 5.74) is -0.0825. The Morgan fingerprint density at radius 2 is 1.76 bits per heavy atom. The average Bonchev–Trinajstić information content (AvgIpc) is 2.52. The van der Waals surface area contributed by atoms with Crippen molar-refractivity contribution in [2.75, 3.05) is 37.3 Å². The van der Waals surface area contributed by atoms with Crippen LogP contribution in [0.1, 0.15) is 6.92 Å². The van der Waals surface area contributed by atoms with Crippen LogP contribution in [0.3, 0.4) is 0 Å². The Labute approximate surface area is 143 Å². The van der Waals surface area contributed by atoms with Gasteiger partial charge in [0.15, 0.2) is 9.84 Å². The van der Waals surface area contributed by atoms with Crippen LogP contribution in [0, 0.1) is 10.1 Å². The number of anilines is 1. The molecule has 1 fully saturated rings. The molecular weight excluding hydrogens is 363 g/mol.